The van der Waals surface area contributed by atoms with Crippen molar-refractivity contribution in [3.05, 3.63) is 59.2 Å². The minimum atomic E-state index is -0.747. The Morgan fingerprint density at radius 2 is 1.63 bits per heavy atom. The lowest BCUT2D eigenvalue weighted by molar-refractivity contribution is -0.149. The number of aryl methyl sites for hydroxylation is 1. The smallest absolute Gasteiger partial charge is 0.344 e. The molecule has 30 heavy (non-hydrogen) atoms. The fourth-order valence-corrected chi connectivity index (χ4v) is 2.40. The summed E-state index contributed by atoms with van der Waals surface area (Å²) in [6.45, 7) is 0.897. The van der Waals surface area contributed by atoms with Crippen molar-refractivity contribution in [3.8, 4) is 5.75 Å². The van der Waals surface area contributed by atoms with Crippen molar-refractivity contribution in [1.29, 1.82) is 0 Å². The largest absolute Gasteiger partial charge is 0.482 e. The summed E-state index contributed by atoms with van der Waals surface area (Å²) in [6.07, 6.45) is 0. The summed E-state index contributed by atoms with van der Waals surface area (Å²) < 4.78 is 19.4. The van der Waals surface area contributed by atoms with Gasteiger partial charge in [-0.2, -0.15) is 0 Å². The quantitative estimate of drug-likeness (QED) is 0.515. The van der Waals surface area contributed by atoms with E-state index in [0.717, 1.165) is 5.56 Å². The summed E-state index contributed by atoms with van der Waals surface area (Å²) in [5.41, 5.74) is 1.12. The topological polar surface area (TPSA) is 117 Å². The van der Waals surface area contributed by atoms with Gasteiger partial charge in [0, 0.05) is 0 Å². The van der Waals surface area contributed by atoms with E-state index in [1.54, 1.807) is 18.2 Å². The van der Waals surface area contributed by atoms with Gasteiger partial charge in [-0.05, 0) is 42.8 Å². The summed E-state index contributed by atoms with van der Waals surface area (Å²) in [5.74, 6) is -2.33. The molecule has 0 radical (unpaired) electrons. The van der Waals surface area contributed by atoms with E-state index in [9.17, 15) is 19.2 Å². The SMILES string of the molecule is COC(=O)c1ccc(C(=O)OC)c(NC(=O)COC(=O)COc2cccc(C)c2)c1. The summed E-state index contributed by atoms with van der Waals surface area (Å²) in [4.78, 5) is 47.5. The number of esters is 3. The number of carbonyl (C=O) groups excluding carboxylic acids is 4. The first kappa shape index (κ1) is 22.4. The Balaban J connectivity index is 1.96. The van der Waals surface area contributed by atoms with Gasteiger partial charge in [-0.1, -0.05) is 12.1 Å². The van der Waals surface area contributed by atoms with Crippen molar-refractivity contribution in [3.63, 3.8) is 0 Å². The fourth-order valence-electron chi connectivity index (χ4n) is 2.40. The number of amides is 1. The predicted octanol–water partition coefficient (Wildman–Crippen LogP) is 2.13. The number of benzene rings is 2. The number of ether oxygens (including phenoxy) is 4. The maximum Gasteiger partial charge on any atom is 0.344 e. The van der Waals surface area contributed by atoms with Crippen LogP contribution in [0.3, 0.4) is 0 Å². The minimum absolute atomic E-state index is 0.0156. The molecule has 0 spiro atoms. The predicted molar refractivity (Wildman–Crippen MR) is 105 cm³/mol. The summed E-state index contributed by atoms with van der Waals surface area (Å²) in [5, 5.41) is 2.42. The normalized spacial score (nSPS) is 9.97. The molecule has 1 N–H and O–H groups in total. The monoisotopic (exact) mass is 415 g/mol. The first-order valence-corrected chi connectivity index (χ1v) is 8.79. The zero-order valence-corrected chi connectivity index (χ0v) is 16.7. The lowest BCUT2D eigenvalue weighted by atomic mass is 10.1. The Kier molecular flexibility index (Phi) is 7.92. The Morgan fingerprint density at radius 3 is 2.30 bits per heavy atom. The molecule has 9 nitrogen and oxygen atoms in total. The van der Waals surface area contributed by atoms with Crippen LogP contribution < -0.4 is 10.1 Å². The van der Waals surface area contributed by atoms with Gasteiger partial charge >= 0.3 is 17.9 Å². The van der Waals surface area contributed by atoms with Crippen molar-refractivity contribution in [1.82, 2.24) is 0 Å². The van der Waals surface area contributed by atoms with Crippen LogP contribution in [-0.4, -0.2) is 51.2 Å². The molecular weight excluding hydrogens is 394 g/mol. The third-order valence-corrected chi connectivity index (χ3v) is 3.83. The van der Waals surface area contributed by atoms with E-state index in [-0.39, 0.29) is 23.4 Å². The molecule has 0 fully saturated rings. The Morgan fingerprint density at radius 1 is 0.900 bits per heavy atom. The molecule has 2 aromatic rings. The van der Waals surface area contributed by atoms with Crippen LogP contribution in [-0.2, 0) is 23.8 Å². The first-order chi connectivity index (χ1) is 14.3. The number of hydrogen-bond acceptors (Lipinski definition) is 8. The number of nitrogens with one attached hydrogen (secondary N) is 1. The number of rotatable bonds is 8. The van der Waals surface area contributed by atoms with Crippen LogP contribution in [0, 0.1) is 6.92 Å². The molecule has 0 heterocycles. The molecule has 0 aromatic heterocycles. The summed E-state index contributed by atoms with van der Waals surface area (Å²) >= 11 is 0. The molecule has 0 aliphatic rings. The van der Waals surface area contributed by atoms with Gasteiger partial charge in [0.2, 0.25) is 0 Å². The van der Waals surface area contributed by atoms with Crippen LogP contribution >= 0.6 is 0 Å². The van der Waals surface area contributed by atoms with Crippen LogP contribution in [0.5, 0.6) is 5.75 Å². The average Bonchev–Trinajstić information content (AvgIpc) is 2.75. The van der Waals surface area contributed by atoms with Crippen molar-refractivity contribution in [2.24, 2.45) is 0 Å². The number of anilines is 1. The van der Waals surface area contributed by atoms with Gasteiger partial charge < -0.3 is 24.3 Å². The zero-order chi connectivity index (χ0) is 22.1. The molecule has 0 unspecified atom stereocenters. The van der Waals surface area contributed by atoms with Gasteiger partial charge in [0.05, 0.1) is 31.0 Å². The van der Waals surface area contributed by atoms with Crippen LogP contribution in [0.1, 0.15) is 26.3 Å². The highest BCUT2D eigenvalue weighted by Gasteiger charge is 2.18. The zero-order valence-electron chi connectivity index (χ0n) is 16.7. The molecule has 2 aromatic carbocycles. The van der Waals surface area contributed by atoms with E-state index >= 15 is 0 Å². The number of methoxy groups -OCH3 is 2. The highest BCUT2D eigenvalue weighted by molar-refractivity contribution is 6.04. The molecule has 158 valence electrons. The van der Waals surface area contributed by atoms with Gasteiger partial charge in [-0.15, -0.1) is 0 Å². The Hall–Kier alpha value is -3.88. The molecule has 0 bridgehead atoms. The Labute approximate surface area is 172 Å². The third-order valence-electron chi connectivity index (χ3n) is 3.83. The molecule has 0 aliphatic carbocycles. The van der Waals surface area contributed by atoms with E-state index in [4.69, 9.17) is 9.47 Å². The van der Waals surface area contributed by atoms with Crippen molar-refractivity contribution in [2.75, 3.05) is 32.8 Å². The van der Waals surface area contributed by atoms with Crippen molar-refractivity contribution < 1.29 is 38.1 Å². The molecule has 1 amide bonds. The molecule has 0 saturated heterocycles. The van der Waals surface area contributed by atoms with Crippen LogP contribution in [0.2, 0.25) is 0 Å². The van der Waals surface area contributed by atoms with Crippen LogP contribution in [0.4, 0.5) is 5.69 Å². The molecule has 0 saturated carbocycles. The van der Waals surface area contributed by atoms with E-state index in [1.807, 2.05) is 13.0 Å². The second-order valence-corrected chi connectivity index (χ2v) is 6.06. The average molecular weight is 415 g/mol. The van der Waals surface area contributed by atoms with E-state index in [2.05, 4.69) is 14.8 Å². The molecular formula is C21H21NO8. The summed E-state index contributed by atoms with van der Waals surface area (Å²) in [7, 11) is 2.38. The maximum absolute atomic E-state index is 12.2. The molecule has 9 heteroatoms. The highest BCUT2D eigenvalue weighted by Crippen LogP contribution is 2.20. The maximum atomic E-state index is 12.2. The molecule has 2 rings (SSSR count). The second-order valence-electron chi connectivity index (χ2n) is 6.06. The highest BCUT2D eigenvalue weighted by atomic mass is 16.6. The molecule has 0 aliphatic heterocycles. The lowest BCUT2D eigenvalue weighted by Crippen LogP contribution is -2.24. The van der Waals surface area contributed by atoms with E-state index in [0.29, 0.717) is 5.75 Å². The minimum Gasteiger partial charge on any atom is -0.482 e. The summed E-state index contributed by atoms with van der Waals surface area (Å²) in [6, 6.07) is 11.0. The lowest BCUT2D eigenvalue weighted by Gasteiger charge is -2.12. The van der Waals surface area contributed by atoms with Crippen LogP contribution in [0.25, 0.3) is 0 Å². The number of hydrogen-bond donors (Lipinski definition) is 1. The van der Waals surface area contributed by atoms with E-state index in [1.165, 1.54) is 32.4 Å². The van der Waals surface area contributed by atoms with Gasteiger partial charge in [0.1, 0.15) is 5.75 Å². The third kappa shape index (κ3) is 6.33. The first-order valence-electron chi connectivity index (χ1n) is 8.79. The Bertz CT molecular complexity index is 954. The van der Waals surface area contributed by atoms with Crippen molar-refractivity contribution >= 4 is 29.5 Å². The standard InChI is InChI=1S/C21H21NO8/c1-13-5-4-6-15(9-13)29-12-19(24)30-11-18(23)22-17-10-14(20(25)27-2)7-8-16(17)21(26)28-3/h4-10H,11-12H2,1-3H3,(H,22,23). The van der Waals surface area contributed by atoms with Gasteiger partial charge in [-0.3, -0.25) is 4.79 Å². The van der Waals surface area contributed by atoms with Crippen LogP contribution in [0.15, 0.2) is 42.5 Å². The molecule has 0 atom stereocenters. The van der Waals surface area contributed by atoms with E-state index < -0.39 is 30.4 Å². The fraction of sp³-hybridized carbons (Fsp3) is 0.238. The van der Waals surface area contributed by atoms with Gasteiger partial charge in [-0.25, -0.2) is 14.4 Å². The van der Waals surface area contributed by atoms with Gasteiger partial charge in [0.25, 0.3) is 5.91 Å². The van der Waals surface area contributed by atoms with Gasteiger partial charge in [0.15, 0.2) is 13.2 Å². The number of carbonyl (C=O) groups is 4. The second kappa shape index (κ2) is 10.6. The van der Waals surface area contributed by atoms with Crippen molar-refractivity contribution in [2.45, 2.75) is 6.92 Å².